The molecular formula is C20H18N2O5S. The third-order valence-corrected chi connectivity index (χ3v) is 5.23. The highest BCUT2D eigenvalue weighted by atomic mass is 32.2. The van der Waals surface area contributed by atoms with E-state index in [-0.39, 0.29) is 17.0 Å². The maximum absolute atomic E-state index is 12.5. The van der Waals surface area contributed by atoms with Crippen LogP contribution in [-0.2, 0) is 21.3 Å². The zero-order chi connectivity index (χ0) is 20.0. The minimum atomic E-state index is -3.73. The van der Waals surface area contributed by atoms with Crippen LogP contribution in [0.5, 0.6) is 11.6 Å². The Bertz CT molecular complexity index is 1050. The topological polar surface area (TPSA) is 94.6 Å². The Balaban J connectivity index is 1.67. The molecule has 3 rings (SSSR count). The quantitative estimate of drug-likeness (QED) is 0.615. The first-order valence-corrected chi connectivity index (χ1v) is 9.82. The van der Waals surface area contributed by atoms with E-state index in [1.165, 1.54) is 31.4 Å². The van der Waals surface area contributed by atoms with Crippen LogP contribution in [0.15, 0.2) is 77.8 Å². The van der Waals surface area contributed by atoms with Gasteiger partial charge in [0.2, 0.25) is 15.9 Å². The van der Waals surface area contributed by atoms with E-state index in [1.807, 2.05) is 6.07 Å². The zero-order valence-electron chi connectivity index (χ0n) is 15.0. The lowest BCUT2D eigenvalue weighted by Crippen LogP contribution is -2.23. The standard InChI is InChI=1S/C20H18N2O5S/c1-26-20(23)16-8-10-18(11-9-16)28(24,25)22-14-15-5-4-6-17(13-15)27-19-7-2-3-12-21-19/h2-13,22H,14H2,1H3. The van der Waals surface area contributed by atoms with Gasteiger partial charge in [0, 0.05) is 18.8 Å². The van der Waals surface area contributed by atoms with Crippen LogP contribution in [-0.4, -0.2) is 26.5 Å². The van der Waals surface area contributed by atoms with E-state index < -0.39 is 16.0 Å². The Morgan fingerprint density at radius 3 is 2.50 bits per heavy atom. The van der Waals surface area contributed by atoms with Crippen LogP contribution in [0.4, 0.5) is 0 Å². The average molecular weight is 398 g/mol. The van der Waals surface area contributed by atoms with Crippen LogP contribution in [0, 0.1) is 0 Å². The van der Waals surface area contributed by atoms with E-state index in [0.717, 1.165) is 5.56 Å². The molecule has 28 heavy (non-hydrogen) atoms. The number of ether oxygens (including phenoxy) is 2. The van der Waals surface area contributed by atoms with Crippen molar-refractivity contribution in [1.29, 1.82) is 0 Å². The number of hydrogen-bond acceptors (Lipinski definition) is 6. The Hall–Kier alpha value is -3.23. The van der Waals surface area contributed by atoms with Crippen molar-refractivity contribution in [2.45, 2.75) is 11.4 Å². The van der Waals surface area contributed by atoms with E-state index >= 15 is 0 Å². The fourth-order valence-electron chi connectivity index (χ4n) is 2.40. The third kappa shape index (κ3) is 4.93. The minimum absolute atomic E-state index is 0.0565. The maximum atomic E-state index is 12.5. The molecule has 0 aliphatic rings. The largest absolute Gasteiger partial charge is 0.465 e. The molecule has 144 valence electrons. The van der Waals surface area contributed by atoms with E-state index in [2.05, 4.69) is 14.4 Å². The summed E-state index contributed by atoms with van der Waals surface area (Å²) in [5.41, 5.74) is 1.00. The van der Waals surface area contributed by atoms with Crippen molar-refractivity contribution in [2.24, 2.45) is 0 Å². The molecule has 0 aliphatic carbocycles. The Labute approximate surface area is 163 Å². The lowest BCUT2D eigenvalue weighted by atomic mass is 10.2. The van der Waals surface area contributed by atoms with Crippen LogP contribution < -0.4 is 9.46 Å². The summed E-state index contributed by atoms with van der Waals surface area (Å²) in [7, 11) is -2.47. The van der Waals surface area contributed by atoms with Crippen molar-refractivity contribution >= 4 is 16.0 Å². The number of hydrogen-bond donors (Lipinski definition) is 1. The number of methoxy groups -OCH3 is 1. The van der Waals surface area contributed by atoms with Gasteiger partial charge in [-0.25, -0.2) is 22.9 Å². The molecule has 8 heteroatoms. The summed E-state index contributed by atoms with van der Waals surface area (Å²) in [5.74, 6) is 0.477. The van der Waals surface area contributed by atoms with E-state index in [1.54, 1.807) is 42.6 Å². The summed E-state index contributed by atoms with van der Waals surface area (Å²) in [4.78, 5) is 15.6. The van der Waals surface area contributed by atoms with Gasteiger partial charge in [-0.05, 0) is 48.0 Å². The van der Waals surface area contributed by atoms with Crippen molar-refractivity contribution in [2.75, 3.05) is 7.11 Å². The Morgan fingerprint density at radius 2 is 1.82 bits per heavy atom. The summed E-state index contributed by atoms with van der Waals surface area (Å²) in [6, 6.07) is 17.9. The maximum Gasteiger partial charge on any atom is 0.337 e. The molecule has 0 saturated heterocycles. The molecule has 0 bridgehead atoms. The van der Waals surface area contributed by atoms with Gasteiger partial charge in [-0.1, -0.05) is 18.2 Å². The third-order valence-electron chi connectivity index (χ3n) is 3.81. The molecule has 0 radical (unpaired) electrons. The second-order valence-electron chi connectivity index (χ2n) is 5.76. The van der Waals surface area contributed by atoms with E-state index in [9.17, 15) is 13.2 Å². The molecule has 1 aromatic heterocycles. The van der Waals surface area contributed by atoms with Crippen LogP contribution in [0.1, 0.15) is 15.9 Å². The highest BCUT2D eigenvalue weighted by molar-refractivity contribution is 7.89. The first kappa shape index (κ1) is 19.5. The van der Waals surface area contributed by atoms with Crippen LogP contribution in [0.3, 0.4) is 0 Å². The smallest absolute Gasteiger partial charge is 0.337 e. The van der Waals surface area contributed by atoms with E-state index in [0.29, 0.717) is 11.6 Å². The number of sulfonamides is 1. The highest BCUT2D eigenvalue weighted by Crippen LogP contribution is 2.20. The molecule has 0 saturated carbocycles. The number of carbonyl (C=O) groups excluding carboxylic acids is 1. The summed E-state index contributed by atoms with van der Waals surface area (Å²) >= 11 is 0. The fourth-order valence-corrected chi connectivity index (χ4v) is 3.41. The molecular weight excluding hydrogens is 380 g/mol. The van der Waals surface area contributed by atoms with Gasteiger partial charge in [0.05, 0.1) is 17.6 Å². The summed E-state index contributed by atoms with van der Waals surface area (Å²) in [6.07, 6.45) is 1.62. The van der Waals surface area contributed by atoms with E-state index in [4.69, 9.17) is 4.74 Å². The summed E-state index contributed by atoms with van der Waals surface area (Å²) in [5, 5.41) is 0. The van der Waals surface area contributed by atoms with Gasteiger partial charge in [0.15, 0.2) is 0 Å². The number of carbonyl (C=O) groups is 1. The monoisotopic (exact) mass is 398 g/mol. The highest BCUT2D eigenvalue weighted by Gasteiger charge is 2.15. The summed E-state index contributed by atoms with van der Waals surface area (Å²) in [6.45, 7) is 0.0838. The van der Waals surface area contributed by atoms with Gasteiger partial charge in [-0.3, -0.25) is 0 Å². The van der Waals surface area contributed by atoms with Crippen molar-refractivity contribution in [3.63, 3.8) is 0 Å². The van der Waals surface area contributed by atoms with Crippen molar-refractivity contribution in [3.05, 3.63) is 84.1 Å². The van der Waals surface area contributed by atoms with Crippen molar-refractivity contribution < 1.29 is 22.7 Å². The molecule has 1 heterocycles. The molecule has 0 unspecified atom stereocenters. The number of pyridine rings is 1. The normalized spacial score (nSPS) is 11.0. The SMILES string of the molecule is COC(=O)c1ccc(S(=O)(=O)NCc2cccc(Oc3ccccn3)c2)cc1. The molecule has 0 atom stereocenters. The number of nitrogens with one attached hydrogen (secondary N) is 1. The number of aromatic nitrogens is 1. The Kier molecular flexibility index (Phi) is 6.03. The lowest BCUT2D eigenvalue weighted by molar-refractivity contribution is 0.0600. The number of esters is 1. The molecule has 0 aliphatic heterocycles. The molecule has 0 spiro atoms. The van der Waals surface area contributed by atoms with Gasteiger partial charge in [-0.15, -0.1) is 0 Å². The van der Waals surface area contributed by atoms with Crippen molar-refractivity contribution in [3.8, 4) is 11.6 Å². The van der Waals surface area contributed by atoms with Crippen molar-refractivity contribution in [1.82, 2.24) is 9.71 Å². The van der Waals surface area contributed by atoms with Crippen LogP contribution >= 0.6 is 0 Å². The van der Waals surface area contributed by atoms with Gasteiger partial charge in [0.25, 0.3) is 0 Å². The second-order valence-corrected chi connectivity index (χ2v) is 7.52. The molecule has 0 fully saturated rings. The predicted octanol–water partition coefficient (Wildman–Crippen LogP) is 3.14. The first-order valence-electron chi connectivity index (χ1n) is 8.34. The van der Waals surface area contributed by atoms with Crippen LogP contribution in [0.25, 0.3) is 0 Å². The Morgan fingerprint density at radius 1 is 1.04 bits per heavy atom. The number of nitrogens with zero attached hydrogens (tertiary/aromatic N) is 1. The van der Waals surface area contributed by atoms with Gasteiger partial charge < -0.3 is 9.47 Å². The van der Waals surface area contributed by atoms with Gasteiger partial charge >= 0.3 is 5.97 Å². The van der Waals surface area contributed by atoms with Gasteiger partial charge in [-0.2, -0.15) is 0 Å². The van der Waals surface area contributed by atoms with Gasteiger partial charge in [0.1, 0.15) is 5.75 Å². The minimum Gasteiger partial charge on any atom is -0.465 e. The summed E-state index contributed by atoms with van der Waals surface area (Å²) < 4.78 is 37.7. The lowest BCUT2D eigenvalue weighted by Gasteiger charge is -2.09. The molecule has 0 amide bonds. The molecule has 3 aromatic rings. The zero-order valence-corrected chi connectivity index (χ0v) is 15.8. The first-order chi connectivity index (χ1) is 13.5. The fraction of sp³-hybridized carbons (Fsp3) is 0.100. The van der Waals surface area contributed by atoms with Crippen LogP contribution in [0.2, 0.25) is 0 Å². The molecule has 1 N–H and O–H groups in total. The molecule has 7 nitrogen and oxygen atoms in total. The number of benzene rings is 2. The molecule has 2 aromatic carbocycles. The second kappa shape index (κ2) is 8.64. The number of rotatable bonds is 7. The predicted molar refractivity (Wildman–Crippen MR) is 103 cm³/mol. The average Bonchev–Trinajstić information content (AvgIpc) is 2.73.